The highest BCUT2D eigenvalue weighted by Crippen LogP contribution is 2.17. The van der Waals surface area contributed by atoms with Crippen LogP contribution in [-0.4, -0.2) is 34.4 Å². The second-order valence-electron chi connectivity index (χ2n) is 7.96. The molecular weight excluding hydrogens is 408 g/mol. The molecule has 0 saturated heterocycles. The fourth-order valence-electron chi connectivity index (χ4n) is 2.79. The van der Waals surface area contributed by atoms with Gasteiger partial charge in [0.1, 0.15) is 17.2 Å². The minimum absolute atomic E-state index is 0.0717. The van der Waals surface area contributed by atoms with Gasteiger partial charge in [0.15, 0.2) is 5.78 Å². The third-order valence-corrected chi connectivity index (χ3v) is 4.05. The topological polar surface area (TPSA) is 97.4 Å². The summed E-state index contributed by atoms with van der Waals surface area (Å²) in [4.78, 5) is 40.8. The number of Topliss-reactive ketones (excluding diaryl/α,β-unsaturated/α-hetero) is 1. The number of amides is 2. The normalized spacial score (nSPS) is 12.1. The molecule has 0 aliphatic carbocycles. The minimum atomic E-state index is -1.21. The molecule has 0 bridgehead atoms. The van der Waals surface area contributed by atoms with Gasteiger partial charge in [0, 0.05) is 19.5 Å². The number of rotatable bonds is 7. The highest BCUT2D eigenvalue weighted by molar-refractivity contribution is 5.93. The van der Waals surface area contributed by atoms with E-state index in [1.807, 2.05) is 0 Å². The van der Waals surface area contributed by atoms with Gasteiger partial charge in [-0.05, 0) is 56.7 Å². The van der Waals surface area contributed by atoms with Crippen LogP contribution in [0.3, 0.4) is 0 Å². The Bertz CT molecular complexity index is 973. The van der Waals surface area contributed by atoms with Crippen molar-refractivity contribution in [1.29, 1.82) is 0 Å². The lowest BCUT2D eigenvalue weighted by atomic mass is 9.98. The molecule has 1 atom stereocenters. The summed E-state index contributed by atoms with van der Waals surface area (Å²) in [5.41, 5.74) is -0.270. The van der Waals surface area contributed by atoms with E-state index in [4.69, 9.17) is 4.74 Å². The molecule has 0 aliphatic heterocycles. The number of anilines is 1. The summed E-state index contributed by atoms with van der Waals surface area (Å²) in [6.45, 7) is 6.29. The Balaban J connectivity index is 2.28. The summed E-state index contributed by atoms with van der Waals surface area (Å²) in [5, 5.41) is 5.01. The number of nitrogens with zero attached hydrogens (tertiary/aromatic N) is 1. The molecule has 1 aromatic carbocycles. The summed E-state index contributed by atoms with van der Waals surface area (Å²) in [7, 11) is 0. The zero-order valence-corrected chi connectivity index (χ0v) is 17.8. The number of pyridine rings is 1. The number of carbonyl (C=O) groups excluding carboxylic acids is 3. The number of halogens is 2. The lowest BCUT2D eigenvalue weighted by Crippen LogP contribution is -2.45. The first kappa shape index (κ1) is 23.9. The van der Waals surface area contributed by atoms with Crippen LogP contribution in [0.25, 0.3) is 0 Å². The van der Waals surface area contributed by atoms with Crippen LogP contribution < -0.4 is 10.6 Å². The van der Waals surface area contributed by atoms with Gasteiger partial charge in [-0.25, -0.2) is 13.6 Å². The van der Waals surface area contributed by atoms with E-state index in [1.165, 1.54) is 13.1 Å². The van der Waals surface area contributed by atoms with Gasteiger partial charge in [-0.1, -0.05) is 0 Å². The van der Waals surface area contributed by atoms with Crippen molar-refractivity contribution in [3.05, 3.63) is 59.4 Å². The highest BCUT2D eigenvalue weighted by atomic mass is 19.1. The molecular formula is C22H25F2N3O4. The predicted molar refractivity (Wildman–Crippen MR) is 110 cm³/mol. The smallest absolute Gasteiger partial charge is 0.408 e. The number of ether oxygens (including phenoxy) is 1. The second kappa shape index (κ2) is 10.1. The van der Waals surface area contributed by atoms with E-state index < -0.39 is 35.2 Å². The molecule has 31 heavy (non-hydrogen) atoms. The van der Waals surface area contributed by atoms with E-state index in [2.05, 4.69) is 15.6 Å². The first-order valence-corrected chi connectivity index (χ1v) is 9.62. The predicted octanol–water partition coefficient (Wildman–Crippen LogP) is 3.57. The van der Waals surface area contributed by atoms with Crippen LogP contribution in [0.2, 0.25) is 0 Å². The number of aromatic nitrogens is 1. The molecule has 9 heteroatoms. The Labute approximate surface area is 179 Å². The molecule has 0 fully saturated rings. The average molecular weight is 433 g/mol. The van der Waals surface area contributed by atoms with E-state index in [9.17, 15) is 23.2 Å². The maximum Gasteiger partial charge on any atom is 0.408 e. The number of carbonyl (C=O) groups is 3. The van der Waals surface area contributed by atoms with Crippen LogP contribution in [-0.2, 0) is 27.2 Å². The van der Waals surface area contributed by atoms with Crippen LogP contribution in [0, 0.1) is 11.6 Å². The van der Waals surface area contributed by atoms with Gasteiger partial charge in [-0.2, -0.15) is 0 Å². The Kier molecular flexibility index (Phi) is 7.79. The molecule has 2 N–H and O–H groups in total. The molecule has 0 saturated carbocycles. The molecule has 2 rings (SSSR count). The first-order chi connectivity index (χ1) is 14.4. The van der Waals surface area contributed by atoms with Crippen LogP contribution in [0.5, 0.6) is 0 Å². The van der Waals surface area contributed by atoms with Crippen molar-refractivity contribution in [3.8, 4) is 0 Å². The lowest BCUT2D eigenvalue weighted by molar-refractivity contribution is -0.120. The Morgan fingerprint density at radius 3 is 2.52 bits per heavy atom. The molecule has 1 heterocycles. The van der Waals surface area contributed by atoms with Crippen LogP contribution in [0.4, 0.5) is 19.3 Å². The number of hydrogen-bond acceptors (Lipinski definition) is 5. The largest absolute Gasteiger partial charge is 0.444 e. The molecule has 0 spiro atoms. The summed E-state index contributed by atoms with van der Waals surface area (Å²) in [6.07, 6.45) is 0.0413. The number of nitrogens with one attached hydrogen (secondary N) is 2. The van der Waals surface area contributed by atoms with Crippen molar-refractivity contribution in [2.45, 2.75) is 52.2 Å². The summed E-state index contributed by atoms with van der Waals surface area (Å²) in [5.74, 6) is -2.23. The Hall–Kier alpha value is -3.36. The van der Waals surface area contributed by atoms with Crippen molar-refractivity contribution >= 4 is 23.5 Å². The van der Waals surface area contributed by atoms with Gasteiger partial charge in [0.25, 0.3) is 0 Å². The monoisotopic (exact) mass is 433 g/mol. The number of alkyl carbamates (subject to hydrolysis) is 1. The Morgan fingerprint density at radius 2 is 1.87 bits per heavy atom. The van der Waals surface area contributed by atoms with Gasteiger partial charge in [0.2, 0.25) is 5.91 Å². The standard InChI is InChI=1S/C22H25F2N3O4/c1-13(28)26-17-6-5-9-25-18(17)12-20(29)19(27-21(30)31-22(2,3)4)11-14-10-15(23)7-8-16(14)24/h5-10,19H,11-12H2,1-4H3,(H,26,28)(H,27,30). The lowest BCUT2D eigenvalue weighted by Gasteiger charge is -2.23. The van der Waals surface area contributed by atoms with E-state index in [0.29, 0.717) is 5.69 Å². The third-order valence-electron chi connectivity index (χ3n) is 4.05. The third kappa shape index (κ3) is 7.76. The van der Waals surface area contributed by atoms with Gasteiger partial charge < -0.3 is 15.4 Å². The molecule has 7 nitrogen and oxygen atoms in total. The minimum Gasteiger partial charge on any atom is -0.444 e. The van der Waals surface area contributed by atoms with Crippen LogP contribution >= 0.6 is 0 Å². The molecule has 1 unspecified atom stereocenters. The van der Waals surface area contributed by atoms with Crippen molar-refractivity contribution in [2.75, 3.05) is 5.32 Å². The van der Waals surface area contributed by atoms with Gasteiger partial charge in [-0.15, -0.1) is 0 Å². The SMILES string of the molecule is CC(=O)Nc1cccnc1CC(=O)C(Cc1cc(F)ccc1F)NC(=O)OC(C)(C)C. The van der Waals surface area contributed by atoms with Gasteiger partial charge in [0.05, 0.1) is 23.8 Å². The molecule has 2 amide bonds. The van der Waals surface area contributed by atoms with E-state index in [0.717, 1.165) is 18.2 Å². The van der Waals surface area contributed by atoms with Crippen LogP contribution in [0.15, 0.2) is 36.5 Å². The maximum atomic E-state index is 14.2. The molecule has 0 radical (unpaired) electrons. The zero-order chi connectivity index (χ0) is 23.2. The summed E-state index contributed by atoms with van der Waals surface area (Å²) >= 11 is 0. The molecule has 2 aromatic rings. The van der Waals surface area contributed by atoms with E-state index >= 15 is 0 Å². The van der Waals surface area contributed by atoms with Crippen molar-refractivity contribution in [3.63, 3.8) is 0 Å². The number of ketones is 1. The first-order valence-electron chi connectivity index (χ1n) is 9.62. The highest BCUT2D eigenvalue weighted by Gasteiger charge is 2.27. The van der Waals surface area contributed by atoms with Crippen molar-refractivity contribution in [2.24, 2.45) is 0 Å². The quantitative estimate of drug-likeness (QED) is 0.696. The molecule has 1 aromatic heterocycles. The van der Waals surface area contributed by atoms with Gasteiger partial charge in [-0.3, -0.25) is 14.6 Å². The summed E-state index contributed by atoms with van der Waals surface area (Å²) < 4.78 is 32.9. The van der Waals surface area contributed by atoms with Crippen LogP contribution in [0.1, 0.15) is 39.0 Å². The zero-order valence-electron chi connectivity index (χ0n) is 17.8. The fourth-order valence-corrected chi connectivity index (χ4v) is 2.79. The van der Waals surface area contributed by atoms with E-state index in [1.54, 1.807) is 32.9 Å². The average Bonchev–Trinajstić information content (AvgIpc) is 2.63. The number of benzene rings is 1. The molecule has 0 aliphatic rings. The fraction of sp³-hybridized carbons (Fsp3) is 0.364. The van der Waals surface area contributed by atoms with E-state index in [-0.39, 0.29) is 30.0 Å². The van der Waals surface area contributed by atoms with Gasteiger partial charge >= 0.3 is 6.09 Å². The maximum absolute atomic E-state index is 14.2. The molecule has 166 valence electrons. The number of hydrogen-bond donors (Lipinski definition) is 2. The second-order valence-corrected chi connectivity index (χ2v) is 7.96. The van der Waals surface area contributed by atoms with Crippen molar-refractivity contribution in [1.82, 2.24) is 10.3 Å². The van der Waals surface area contributed by atoms with Crippen molar-refractivity contribution < 1.29 is 27.9 Å². The Morgan fingerprint density at radius 1 is 1.16 bits per heavy atom. The summed E-state index contributed by atoms with van der Waals surface area (Å²) in [6, 6.07) is 4.85.